The number of alkyl carbamates (subject to hydrolysis) is 1. The Hall–Kier alpha value is -2.44. The van der Waals surface area contributed by atoms with Gasteiger partial charge in [-0.3, -0.25) is 19.8 Å². The number of ether oxygens (including phenoxy) is 1. The van der Waals surface area contributed by atoms with Gasteiger partial charge in [-0.05, 0) is 44.1 Å². The highest BCUT2D eigenvalue weighted by Gasteiger charge is 2.33. The fourth-order valence-electron chi connectivity index (χ4n) is 4.73. The minimum Gasteiger partial charge on any atom is -0.444 e. The van der Waals surface area contributed by atoms with Gasteiger partial charge in [-0.1, -0.05) is 106 Å². The number of nitrogens with one attached hydrogen (secondary N) is 4. The van der Waals surface area contributed by atoms with Crippen LogP contribution in [-0.2, 0) is 25.5 Å². The maximum atomic E-state index is 13.7. The second-order valence-electron chi connectivity index (χ2n) is 13.3. The van der Waals surface area contributed by atoms with Gasteiger partial charge in [-0.15, -0.1) is 0 Å². The van der Waals surface area contributed by atoms with Crippen LogP contribution < -0.4 is 27.2 Å². The van der Waals surface area contributed by atoms with E-state index in [0.29, 0.717) is 18.1 Å². The van der Waals surface area contributed by atoms with Gasteiger partial charge >= 0.3 is 6.09 Å². The molecule has 12 heteroatoms. The fraction of sp³-hybridized carbons (Fsp3) is 0.677. The molecule has 0 aliphatic heterocycles. The van der Waals surface area contributed by atoms with Crippen molar-refractivity contribution in [3.8, 4) is 0 Å². The van der Waals surface area contributed by atoms with Crippen molar-refractivity contribution in [2.75, 3.05) is 5.75 Å². The molecule has 4 amide bonds. The van der Waals surface area contributed by atoms with Crippen molar-refractivity contribution in [3.05, 3.63) is 35.9 Å². The Bertz CT molecular complexity index is 1060. The van der Waals surface area contributed by atoms with Gasteiger partial charge in [0.25, 0.3) is 5.91 Å². The normalized spacial score (nSPS) is 15.9. The highest BCUT2D eigenvalue weighted by molar-refractivity contribution is 8.77. The molecule has 0 radical (unpaired) electrons. The summed E-state index contributed by atoms with van der Waals surface area (Å²) in [4.78, 5) is 52.6. The van der Waals surface area contributed by atoms with Crippen LogP contribution in [0.5, 0.6) is 0 Å². The molecule has 1 saturated carbocycles. The molecule has 2 rings (SSSR count). The average Bonchev–Trinajstić information content (AvgIpc) is 2.88. The lowest BCUT2D eigenvalue weighted by Gasteiger charge is -2.34. The molecule has 43 heavy (non-hydrogen) atoms. The molecular formula is C31H51N5O5S2. The van der Waals surface area contributed by atoms with Crippen LogP contribution in [0.25, 0.3) is 0 Å². The van der Waals surface area contributed by atoms with Crippen molar-refractivity contribution >= 4 is 45.4 Å². The Balaban J connectivity index is 2.17. The van der Waals surface area contributed by atoms with Gasteiger partial charge in [0.15, 0.2) is 0 Å². The lowest BCUT2D eigenvalue weighted by atomic mass is 9.78. The Morgan fingerprint density at radius 2 is 1.51 bits per heavy atom. The third-order valence-corrected chi connectivity index (χ3v) is 10.3. The smallest absolute Gasteiger partial charge is 0.408 e. The number of nitrogens with two attached hydrogens (primary N) is 1. The summed E-state index contributed by atoms with van der Waals surface area (Å²) in [5, 5.41) is 8.34. The summed E-state index contributed by atoms with van der Waals surface area (Å²) in [6, 6.07) is 6.51. The van der Waals surface area contributed by atoms with E-state index in [1.54, 1.807) is 10.8 Å². The molecule has 0 spiro atoms. The quantitative estimate of drug-likeness (QED) is 0.0771. The van der Waals surface area contributed by atoms with E-state index in [-0.39, 0.29) is 17.1 Å². The molecule has 0 unspecified atom stereocenters. The number of hydrogen-bond donors (Lipinski definition) is 5. The van der Waals surface area contributed by atoms with Gasteiger partial charge in [-0.2, -0.15) is 0 Å². The van der Waals surface area contributed by atoms with E-state index in [1.165, 1.54) is 17.2 Å². The molecule has 3 atom stereocenters. The SMILES string of the molecule is CC(C)C[C@H](NC(=O)[C@H](Cc1ccccc1)NC(=O)OC(C)(C)CC1CCC1)C(=O)N[C@@H](CSSC(C)(C)C)C(=O)NN. The van der Waals surface area contributed by atoms with E-state index < -0.39 is 47.5 Å². The topological polar surface area (TPSA) is 152 Å². The number of rotatable bonds is 16. The second kappa shape index (κ2) is 17.2. The van der Waals surface area contributed by atoms with E-state index >= 15 is 0 Å². The van der Waals surface area contributed by atoms with Crippen LogP contribution in [0.4, 0.5) is 4.79 Å². The van der Waals surface area contributed by atoms with E-state index in [2.05, 4.69) is 42.1 Å². The van der Waals surface area contributed by atoms with Gasteiger partial charge in [0.05, 0.1) is 0 Å². The van der Waals surface area contributed by atoms with E-state index in [1.807, 2.05) is 58.0 Å². The van der Waals surface area contributed by atoms with Crippen molar-refractivity contribution < 1.29 is 23.9 Å². The Labute approximate surface area is 264 Å². The zero-order chi connectivity index (χ0) is 32.2. The molecule has 242 valence electrons. The number of hydrazine groups is 1. The third-order valence-electron chi connectivity index (χ3n) is 6.92. The van der Waals surface area contributed by atoms with Crippen LogP contribution in [0.2, 0.25) is 0 Å². The summed E-state index contributed by atoms with van der Waals surface area (Å²) < 4.78 is 5.72. The van der Waals surface area contributed by atoms with Gasteiger partial charge in [-0.25, -0.2) is 10.6 Å². The van der Waals surface area contributed by atoms with Gasteiger partial charge < -0.3 is 20.7 Å². The van der Waals surface area contributed by atoms with Crippen LogP contribution >= 0.6 is 21.6 Å². The molecular weight excluding hydrogens is 587 g/mol. The Morgan fingerprint density at radius 3 is 2.05 bits per heavy atom. The van der Waals surface area contributed by atoms with Crippen molar-refractivity contribution in [1.29, 1.82) is 0 Å². The molecule has 0 heterocycles. The molecule has 1 fully saturated rings. The molecule has 0 aromatic heterocycles. The van der Waals surface area contributed by atoms with Crippen LogP contribution in [0, 0.1) is 11.8 Å². The van der Waals surface area contributed by atoms with E-state index in [9.17, 15) is 19.2 Å². The molecule has 1 aromatic rings. The largest absolute Gasteiger partial charge is 0.444 e. The number of hydrogen-bond acceptors (Lipinski definition) is 8. The van der Waals surface area contributed by atoms with Gasteiger partial charge in [0.2, 0.25) is 11.8 Å². The molecule has 1 aromatic carbocycles. The monoisotopic (exact) mass is 637 g/mol. The van der Waals surface area contributed by atoms with Crippen LogP contribution in [0.15, 0.2) is 30.3 Å². The maximum Gasteiger partial charge on any atom is 0.408 e. The van der Waals surface area contributed by atoms with Gasteiger partial charge in [0, 0.05) is 16.9 Å². The lowest BCUT2D eigenvalue weighted by molar-refractivity contribution is -0.132. The van der Waals surface area contributed by atoms with Crippen LogP contribution in [0.1, 0.15) is 86.1 Å². The standard InChI is InChI=1S/C31H51N5O5S2/c1-20(2)16-23(26(37)34-25(28(39)36-32)19-42-43-30(3,4)5)33-27(38)24(17-21-12-9-8-10-13-21)35-29(40)41-31(6,7)18-22-14-11-15-22/h8-10,12-13,20,22-25H,11,14-19,32H2,1-7H3,(H,33,38)(H,34,37)(H,35,40)(H,36,39)/t23-,24-,25-/m0/s1. The minimum atomic E-state index is -0.987. The van der Waals surface area contributed by atoms with E-state index in [0.717, 1.165) is 24.8 Å². The molecule has 10 nitrogen and oxygen atoms in total. The first-order chi connectivity index (χ1) is 20.1. The number of benzene rings is 1. The van der Waals surface area contributed by atoms with Crippen molar-refractivity contribution in [1.82, 2.24) is 21.4 Å². The molecule has 1 aliphatic rings. The summed E-state index contributed by atoms with van der Waals surface area (Å²) in [5.41, 5.74) is 2.28. The highest BCUT2D eigenvalue weighted by atomic mass is 33.1. The van der Waals surface area contributed by atoms with Crippen molar-refractivity contribution in [2.45, 2.75) is 115 Å². The zero-order valence-corrected chi connectivity index (χ0v) is 28.3. The number of carbonyl (C=O) groups excluding carboxylic acids is 4. The Morgan fingerprint density at radius 1 is 0.907 bits per heavy atom. The predicted molar refractivity (Wildman–Crippen MR) is 175 cm³/mol. The molecule has 6 N–H and O–H groups in total. The van der Waals surface area contributed by atoms with Gasteiger partial charge in [0.1, 0.15) is 23.7 Å². The second-order valence-corrected chi connectivity index (χ2v) is 16.4. The van der Waals surface area contributed by atoms with Crippen LogP contribution in [0.3, 0.4) is 0 Å². The summed E-state index contributed by atoms with van der Waals surface area (Å²) in [6.45, 7) is 13.8. The average molecular weight is 638 g/mol. The third kappa shape index (κ3) is 14.3. The predicted octanol–water partition coefficient (Wildman–Crippen LogP) is 4.48. The number of carbonyl (C=O) groups is 4. The number of amides is 4. The summed E-state index contributed by atoms with van der Waals surface area (Å²) in [7, 11) is 3.05. The first-order valence-corrected chi connectivity index (χ1v) is 17.4. The maximum absolute atomic E-state index is 13.7. The summed E-state index contributed by atoms with van der Waals surface area (Å²) >= 11 is 0. The van der Waals surface area contributed by atoms with Crippen LogP contribution in [-0.4, -0.2) is 58.0 Å². The molecule has 0 saturated heterocycles. The van der Waals surface area contributed by atoms with Crippen molar-refractivity contribution in [3.63, 3.8) is 0 Å². The lowest BCUT2D eigenvalue weighted by Crippen LogP contribution is -2.58. The summed E-state index contributed by atoms with van der Waals surface area (Å²) in [6.07, 6.45) is 4.08. The fourth-order valence-corrected chi connectivity index (χ4v) is 7.19. The minimum absolute atomic E-state index is 0.0408. The van der Waals surface area contributed by atoms with Crippen molar-refractivity contribution in [2.24, 2.45) is 17.7 Å². The first-order valence-electron chi connectivity index (χ1n) is 15.0. The molecule has 0 bridgehead atoms. The van der Waals surface area contributed by atoms with E-state index in [4.69, 9.17) is 10.6 Å². The zero-order valence-electron chi connectivity index (χ0n) is 26.7. The summed E-state index contributed by atoms with van der Waals surface area (Å²) in [5.74, 6) is 4.74. The highest BCUT2D eigenvalue weighted by Crippen LogP contribution is 2.36. The first kappa shape index (κ1) is 36.8. The Kier molecular flexibility index (Phi) is 14.7. The molecule has 1 aliphatic carbocycles.